The molecule has 1 rings (SSSR count). The maximum atomic E-state index is 11.8. The number of hydrogen-bond donors (Lipinski definition) is 1. The van der Waals surface area contributed by atoms with Gasteiger partial charge >= 0.3 is 0 Å². The molecular formula is C11H12Br2ClNO. The number of alkyl halides is 1. The Morgan fingerprint density at radius 1 is 1.56 bits per heavy atom. The first-order valence-electron chi connectivity index (χ1n) is 4.88. The molecule has 1 unspecified atom stereocenters. The predicted octanol–water partition coefficient (Wildman–Crippen LogP) is 4.01. The minimum Gasteiger partial charge on any atom is -0.352 e. The van der Waals surface area contributed by atoms with Crippen molar-refractivity contribution >= 4 is 49.4 Å². The van der Waals surface area contributed by atoms with E-state index in [0.29, 0.717) is 22.0 Å². The molecule has 0 fully saturated rings. The lowest BCUT2D eigenvalue weighted by Crippen LogP contribution is -2.25. The van der Waals surface area contributed by atoms with Crippen LogP contribution < -0.4 is 5.32 Å². The van der Waals surface area contributed by atoms with Crippen LogP contribution in [0.15, 0.2) is 22.7 Å². The van der Waals surface area contributed by atoms with Crippen molar-refractivity contribution in [3.8, 4) is 0 Å². The number of nitrogens with one attached hydrogen (secondary N) is 1. The van der Waals surface area contributed by atoms with Crippen LogP contribution in [-0.4, -0.2) is 17.3 Å². The van der Waals surface area contributed by atoms with Gasteiger partial charge in [-0.25, -0.2) is 0 Å². The summed E-state index contributed by atoms with van der Waals surface area (Å²) in [6.45, 7) is 2.67. The monoisotopic (exact) mass is 367 g/mol. The van der Waals surface area contributed by atoms with Crippen LogP contribution >= 0.6 is 43.5 Å². The first-order valence-corrected chi connectivity index (χ1v) is 6.97. The molecule has 1 aromatic rings. The molecular weight excluding hydrogens is 357 g/mol. The quantitative estimate of drug-likeness (QED) is 0.799. The summed E-state index contributed by atoms with van der Waals surface area (Å²) in [4.78, 5) is 12.2. The number of amides is 1. The lowest BCUT2D eigenvalue weighted by molar-refractivity contribution is 0.0953. The number of carbonyl (C=O) groups excluding carboxylic acids is 1. The third-order valence-electron chi connectivity index (χ3n) is 2.02. The van der Waals surface area contributed by atoms with E-state index < -0.39 is 0 Å². The molecule has 1 aromatic carbocycles. The van der Waals surface area contributed by atoms with Gasteiger partial charge in [0.2, 0.25) is 0 Å². The van der Waals surface area contributed by atoms with Crippen molar-refractivity contribution < 1.29 is 4.79 Å². The summed E-state index contributed by atoms with van der Waals surface area (Å²) >= 11 is 12.7. The standard InChI is InChI=1S/C11H12Br2ClNO/c1-7(12)5-6-15-11(16)8-3-2-4-9(13)10(8)14/h2-4,7H,5-6H2,1H3,(H,15,16). The fraction of sp³-hybridized carbons (Fsp3) is 0.364. The normalized spacial score (nSPS) is 12.2. The van der Waals surface area contributed by atoms with Crippen LogP contribution in [0.2, 0.25) is 5.02 Å². The molecule has 1 atom stereocenters. The topological polar surface area (TPSA) is 29.1 Å². The van der Waals surface area contributed by atoms with E-state index in [2.05, 4.69) is 37.2 Å². The molecule has 1 amide bonds. The van der Waals surface area contributed by atoms with Crippen LogP contribution in [0.5, 0.6) is 0 Å². The Labute approximate surface area is 117 Å². The lowest BCUT2D eigenvalue weighted by Gasteiger charge is -2.08. The van der Waals surface area contributed by atoms with Gasteiger partial charge in [0.15, 0.2) is 0 Å². The first kappa shape index (κ1) is 14.0. The van der Waals surface area contributed by atoms with Gasteiger partial charge in [-0.1, -0.05) is 40.5 Å². The van der Waals surface area contributed by atoms with Gasteiger partial charge < -0.3 is 5.32 Å². The van der Waals surface area contributed by atoms with E-state index in [9.17, 15) is 4.79 Å². The van der Waals surface area contributed by atoms with Crippen molar-refractivity contribution in [3.63, 3.8) is 0 Å². The Bertz CT molecular complexity index is 382. The number of hydrogen-bond acceptors (Lipinski definition) is 1. The summed E-state index contributed by atoms with van der Waals surface area (Å²) in [5.41, 5.74) is 0.498. The van der Waals surface area contributed by atoms with Crippen molar-refractivity contribution in [1.82, 2.24) is 5.32 Å². The Kier molecular flexibility index (Phi) is 5.79. The van der Waals surface area contributed by atoms with Gasteiger partial charge in [0, 0.05) is 15.8 Å². The Morgan fingerprint density at radius 3 is 2.88 bits per heavy atom. The largest absolute Gasteiger partial charge is 0.352 e. The smallest absolute Gasteiger partial charge is 0.252 e. The lowest BCUT2D eigenvalue weighted by atomic mass is 10.2. The summed E-state index contributed by atoms with van der Waals surface area (Å²) in [7, 11) is 0. The Hall–Kier alpha value is -0.0600. The molecule has 0 aliphatic carbocycles. The Balaban J connectivity index is 2.63. The average Bonchev–Trinajstić information content (AvgIpc) is 2.21. The summed E-state index contributed by atoms with van der Waals surface area (Å²) in [5, 5.41) is 3.27. The van der Waals surface area contributed by atoms with Crippen molar-refractivity contribution in [2.75, 3.05) is 6.54 Å². The number of rotatable bonds is 4. The highest BCUT2D eigenvalue weighted by atomic mass is 79.9. The van der Waals surface area contributed by atoms with E-state index in [-0.39, 0.29) is 5.91 Å². The molecule has 0 radical (unpaired) electrons. The third-order valence-corrected chi connectivity index (χ3v) is 3.78. The maximum absolute atomic E-state index is 11.8. The second-order valence-corrected chi connectivity index (χ2v) is 6.22. The molecule has 0 bridgehead atoms. The van der Waals surface area contributed by atoms with Crippen molar-refractivity contribution in [1.29, 1.82) is 0 Å². The first-order chi connectivity index (χ1) is 7.52. The molecule has 16 heavy (non-hydrogen) atoms. The fourth-order valence-corrected chi connectivity index (χ4v) is 1.97. The molecule has 0 aliphatic heterocycles. The summed E-state index contributed by atoms with van der Waals surface area (Å²) in [6.07, 6.45) is 0.886. The highest BCUT2D eigenvalue weighted by molar-refractivity contribution is 9.10. The minimum atomic E-state index is -0.139. The van der Waals surface area contributed by atoms with E-state index in [1.165, 1.54) is 0 Å². The fourth-order valence-electron chi connectivity index (χ4n) is 1.16. The summed E-state index contributed by atoms with van der Waals surface area (Å²) in [6, 6.07) is 5.30. The molecule has 0 heterocycles. The van der Waals surface area contributed by atoms with Gasteiger partial charge in [-0.05, 0) is 34.5 Å². The van der Waals surface area contributed by atoms with E-state index in [0.717, 1.165) is 10.9 Å². The van der Waals surface area contributed by atoms with E-state index in [1.54, 1.807) is 18.2 Å². The van der Waals surface area contributed by atoms with Gasteiger partial charge in [-0.2, -0.15) is 0 Å². The number of carbonyl (C=O) groups is 1. The van der Waals surface area contributed by atoms with Crippen LogP contribution in [0.3, 0.4) is 0 Å². The van der Waals surface area contributed by atoms with Crippen LogP contribution in [0.1, 0.15) is 23.7 Å². The molecule has 0 saturated carbocycles. The maximum Gasteiger partial charge on any atom is 0.252 e. The van der Waals surface area contributed by atoms with Gasteiger partial charge in [-0.15, -0.1) is 0 Å². The molecule has 0 saturated heterocycles. The van der Waals surface area contributed by atoms with Crippen molar-refractivity contribution in [2.24, 2.45) is 0 Å². The summed E-state index contributed by atoms with van der Waals surface area (Å²) < 4.78 is 0.732. The number of halogens is 3. The second kappa shape index (κ2) is 6.62. The summed E-state index contributed by atoms with van der Waals surface area (Å²) in [5.74, 6) is -0.139. The average molecular weight is 369 g/mol. The molecule has 2 nitrogen and oxygen atoms in total. The van der Waals surface area contributed by atoms with Crippen molar-refractivity contribution in [2.45, 2.75) is 18.2 Å². The van der Waals surface area contributed by atoms with E-state index >= 15 is 0 Å². The molecule has 0 spiro atoms. The minimum absolute atomic E-state index is 0.139. The van der Waals surface area contributed by atoms with E-state index in [1.807, 2.05) is 6.92 Å². The molecule has 88 valence electrons. The highest BCUT2D eigenvalue weighted by Gasteiger charge is 2.11. The van der Waals surface area contributed by atoms with Crippen LogP contribution in [0, 0.1) is 0 Å². The third kappa shape index (κ3) is 4.07. The molecule has 0 aromatic heterocycles. The van der Waals surface area contributed by atoms with Gasteiger partial charge in [0.1, 0.15) is 0 Å². The van der Waals surface area contributed by atoms with Crippen molar-refractivity contribution in [3.05, 3.63) is 33.3 Å². The molecule has 0 aliphatic rings. The second-order valence-electron chi connectivity index (χ2n) is 3.43. The van der Waals surface area contributed by atoms with Crippen LogP contribution in [0.25, 0.3) is 0 Å². The molecule has 5 heteroatoms. The van der Waals surface area contributed by atoms with Gasteiger partial charge in [0.05, 0.1) is 10.6 Å². The predicted molar refractivity (Wildman–Crippen MR) is 74.5 cm³/mol. The Morgan fingerprint density at radius 2 is 2.25 bits per heavy atom. The van der Waals surface area contributed by atoms with E-state index in [4.69, 9.17) is 11.6 Å². The zero-order chi connectivity index (χ0) is 12.1. The zero-order valence-electron chi connectivity index (χ0n) is 8.77. The number of benzene rings is 1. The van der Waals surface area contributed by atoms with Crippen LogP contribution in [-0.2, 0) is 0 Å². The highest BCUT2D eigenvalue weighted by Crippen LogP contribution is 2.25. The van der Waals surface area contributed by atoms with Gasteiger partial charge in [0.25, 0.3) is 5.91 Å². The SMILES string of the molecule is CC(Br)CCNC(=O)c1cccc(Br)c1Cl. The zero-order valence-corrected chi connectivity index (χ0v) is 12.7. The molecule has 1 N–H and O–H groups in total. The van der Waals surface area contributed by atoms with Crippen LogP contribution in [0.4, 0.5) is 0 Å². The van der Waals surface area contributed by atoms with Gasteiger partial charge in [-0.3, -0.25) is 4.79 Å².